The molecule has 0 fully saturated rings. The maximum absolute atomic E-state index is 13.7. The first-order valence-corrected chi connectivity index (χ1v) is 6.77. The summed E-state index contributed by atoms with van der Waals surface area (Å²) in [5, 5.41) is 3.50. The monoisotopic (exact) mass is 346 g/mol. The van der Waals surface area contributed by atoms with Gasteiger partial charge in [0.15, 0.2) is 5.76 Å². The molecule has 1 aromatic heterocycles. The number of hydrogen-bond acceptors (Lipinski definition) is 5. The van der Waals surface area contributed by atoms with E-state index in [-0.39, 0.29) is 12.3 Å². The summed E-state index contributed by atoms with van der Waals surface area (Å²) in [6, 6.07) is 2.41. The Bertz CT molecular complexity index is 708. The molecule has 24 heavy (non-hydrogen) atoms. The Kier molecular flexibility index (Phi) is 4.41. The van der Waals surface area contributed by atoms with Crippen LogP contribution >= 0.6 is 0 Å². The Hall–Kier alpha value is -2.78. The summed E-state index contributed by atoms with van der Waals surface area (Å²) < 4.78 is 50.6. The van der Waals surface area contributed by atoms with Crippen LogP contribution in [0.2, 0.25) is 0 Å². The first-order valence-electron chi connectivity index (χ1n) is 6.77. The minimum absolute atomic E-state index is 0.204. The Morgan fingerprint density at radius 3 is 2.58 bits per heavy atom. The van der Waals surface area contributed by atoms with Crippen molar-refractivity contribution in [1.82, 2.24) is 10.6 Å². The summed E-state index contributed by atoms with van der Waals surface area (Å²) in [6.45, 7) is 2.30. The molecule has 1 aliphatic heterocycles. The van der Waals surface area contributed by atoms with Crippen molar-refractivity contribution in [3.63, 3.8) is 0 Å². The molecule has 10 heteroatoms. The SMILES string of the molecule is CCOC(=O)C1=C(C)NC(=O)[C@@]1(NC(=O)c1ccco1)C(F)(F)F. The average molecular weight is 346 g/mol. The van der Waals surface area contributed by atoms with Gasteiger partial charge in [0, 0.05) is 5.70 Å². The van der Waals surface area contributed by atoms with Crippen LogP contribution < -0.4 is 10.6 Å². The molecule has 0 aliphatic carbocycles. The molecule has 0 spiro atoms. The molecule has 0 saturated carbocycles. The van der Waals surface area contributed by atoms with Crippen LogP contribution in [-0.2, 0) is 14.3 Å². The number of furan rings is 1. The van der Waals surface area contributed by atoms with Crippen LogP contribution in [0.25, 0.3) is 0 Å². The number of esters is 1. The first-order chi connectivity index (χ1) is 11.1. The molecule has 0 saturated heterocycles. The Labute approximate surface area is 133 Å². The van der Waals surface area contributed by atoms with Crippen LogP contribution in [0.5, 0.6) is 0 Å². The van der Waals surface area contributed by atoms with E-state index in [9.17, 15) is 27.6 Å². The molecule has 2 amide bonds. The van der Waals surface area contributed by atoms with Crippen molar-refractivity contribution >= 4 is 17.8 Å². The zero-order valence-corrected chi connectivity index (χ0v) is 12.6. The van der Waals surface area contributed by atoms with E-state index in [4.69, 9.17) is 4.42 Å². The molecule has 2 rings (SSSR count). The van der Waals surface area contributed by atoms with Crippen molar-refractivity contribution in [2.75, 3.05) is 6.61 Å². The molecule has 1 aromatic rings. The van der Waals surface area contributed by atoms with E-state index < -0.39 is 40.8 Å². The highest BCUT2D eigenvalue weighted by molar-refractivity contribution is 6.11. The smallest absolute Gasteiger partial charge is 0.425 e. The topological polar surface area (TPSA) is 97.6 Å². The van der Waals surface area contributed by atoms with Gasteiger partial charge >= 0.3 is 12.1 Å². The summed E-state index contributed by atoms with van der Waals surface area (Å²) in [7, 11) is 0. The zero-order valence-electron chi connectivity index (χ0n) is 12.6. The van der Waals surface area contributed by atoms with Gasteiger partial charge in [0.1, 0.15) is 5.57 Å². The van der Waals surface area contributed by atoms with E-state index in [1.807, 2.05) is 5.32 Å². The molecule has 0 unspecified atom stereocenters. The fraction of sp³-hybridized carbons (Fsp3) is 0.357. The lowest BCUT2D eigenvalue weighted by Gasteiger charge is -2.31. The van der Waals surface area contributed by atoms with Crippen LogP contribution in [-0.4, -0.2) is 36.1 Å². The van der Waals surface area contributed by atoms with Gasteiger partial charge in [-0.05, 0) is 26.0 Å². The molecule has 0 aromatic carbocycles. The third-order valence-electron chi connectivity index (χ3n) is 3.34. The highest BCUT2D eigenvalue weighted by Gasteiger charge is 2.69. The molecule has 0 radical (unpaired) electrons. The summed E-state index contributed by atoms with van der Waals surface area (Å²) in [5.74, 6) is -4.70. The van der Waals surface area contributed by atoms with Gasteiger partial charge < -0.3 is 19.8 Å². The van der Waals surface area contributed by atoms with Crippen LogP contribution in [0.3, 0.4) is 0 Å². The second-order valence-corrected chi connectivity index (χ2v) is 4.85. The highest BCUT2D eigenvalue weighted by atomic mass is 19.4. The zero-order chi connectivity index (χ0) is 18.1. The number of rotatable bonds is 4. The standard InChI is InChI=1S/C14H13F3N2O5/c1-3-23-11(21)9-7(2)18-12(22)13(9,14(15,16)17)19-10(20)8-5-4-6-24-8/h4-6H,3H2,1-2H3,(H,18,22)(H,19,20)/t13-/m1/s1. The van der Waals surface area contributed by atoms with Gasteiger partial charge in [0.05, 0.1) is 12.9 Å². The number of amides is 2. The van der Waals surface area contributed by atoms with Gasteiger partial charge in [-0.1, -0.05) is 0 Å². The lowest BCUT2D eigenvalue weighted by atomic mass is 9.89. The van der Waals surface area contributed by atoms with E-state index in [0.717, 1.165) is 19.3 Å². The van der Waals surface area contributed by atoms with Crippen molar-refractivity contribution in [2.45, 2.75) is 25.6 Å². The first kappa shape index (κ1) is 17.6. The highest BCUT2D eigenvalue weighted by Crippen LogP contribution is 2.41. The second-order valence-electron chi connectivity index (χ2n) is 4.85. The molecular formula is C14H13F3N2O5. The van der Waals surface area contributed by atoms with E-state index in [0.29, 0.717) is 0 Å². The number of halogens is 3. The van der Waals surface area contributed by atoms with E-state index in [2.05, 4.69) is 4.74 Å². The van der Waals surface area contributed by atoms with Gasteiger partial charge in [0.2, 0.25) is 5.54 Å². The van der Waals surface area contributed by atoms with Gasteiger partial charge in [-0.3, -0.25) is 9.59 Å². The summed E-state index contributed by atoms with van der Waals surface area (Å²) in [5.41, 5.74) is -4.93. The molecule has 0 bridgehead atoms. The molecule has 7 nitrogen and oxygen atoms in total. The predicted octanol–water partition coefficient (Wildman–Crippen LogP) is 1.28. The maximum Gasteiger partial charge on any atom is 0.425 e. The van der Waals surface area contributed by atoms with Crippen molar-refractivity contribution in [3.05, 3.63) is 35.4 Å². The van der Waals surface area contributed by atoms with Gasteiger partial charge in [0.25, 0.3) is 11.8 Å². The largest absolute Gasteiger partial charge is 0.462 e. The molecule has 1 atom stereocenters. The van der Waals surface area contributed by atoms with Crippen LogP contribution in [0, 0.1) is 0 Å². The molecular weight excluding hydrogens is 333 g/mol. The lowest BCUT2D eigenvalue weighted by Crippen LogP contribution is -2.66. The average Bonchev–Trinajstić information content (AvgIpc) is 3.06. The van der Waals surface area contributed by atoms with Crippen molar-refractivity contribution in [1.29, 1.82) is 0 Å². The van der Waals surface area contributed by atoms with E-state index >= 15 is 0 Å². The number of allylic oxidation sites excluding steroid dienone is 1. The number of carbonyl (C=O) groups excluding carboxylic acids is 3. The van der Waals surface area contributed by atoms with Gasteiger partial charge in [-0.2, -0.15) is 13.2 Å². The number of nitrogens with one attached hydrogen (secondary N) is 2. The lowest BCUT2D eigenvalue weighted by molar-refractivity contribution is -0.189. The molecule has 1 aliphatic rings. The van der Waals surface area contributed by atoms with Crippen molar-refractivity contribution in [2.24, 2.45) is 0 Å². The Morgan fingerprint density at radius 2 is 2.08 bits per heavy atom. The quantitative estimate of drug-likeness (QED) is 0.801. The fourth-order valence-electron chi connectivity index (χ4n) is 2.33. The van der Waals surface area contributed by atoms with Crippen LogP contribution in [0.4, 0.5) is 13.2 Å². The normalized spacial score (nSPS) is 20.8. The molecule has 2 heterocycles. The number of alkyl halides is 3. The van der Waals surface area contributed by atoms with E-state index in [1.165, 1.54) is 13.0 Å². The van der Waals surface area contributed by atoms with Gasteiger partial charge in [-0.15, -0.1) is 0 Å². The van der Waals surface area contributed by atoms with Gasteiger partial charge in [-0.25, -0.2) is 4.79 Å². The minimum atomic E-state index is -5.29. The summed E-state index contributed by atoms with van der Waals surface area (Å²) in [6.07, 6.45) is -4.21. The number of hydrogen-bond donors (Lipinski definition) is 2. The minimum Gasteiger partial charge on any atom is -0.462 e. The Morgan fingerprint density at radius 1 is 1.42 bits per heavy atom. The van der Waals surface area contributed by atoms with Crippen molar-refractivity contribution in [3.8, 4) is 0 Å². The number of ether oxygens (including phenoxy) is 1. The van der Waals surface area contributed by atoms with Crippen LogP contribution in [0.15, 0.2) is 34.1 Å². The number of carbonyl (C=O) groups is 3. The second kappa shape index (κ2) is 6.02. The third kappa shape index (κ3) is 2.63. The Balaban J connectivity index is 2.55. The van der Waals surface area contributed by atoms with Crippen LogP contribution in [0.1, 0.15) is 24.4 Å². The molecule has 130 valence electrons. The predicted molar refractivity (Wildman–Crippen MR) is 72.4 cm³/mol. The summed E-state index contributed by atoms with van der Waals surface area (Å²) >= 11 is 0. The molecule has 2 N–H and O–H groups in total. The maximum atomic E-state index is 13.7. The summed E-state index contributed by atoms with van der Waals surface area (Å²) in [4.78, 5) is 36.1. The van der Waals surface area contributed by atoms with Crippen molar-refractivity contribution < 1.29 is 36.7 Å². The fourth-order valence-corrected chi connectivity index (χ4v) is 2.33. The third-order valence-corrected chi connectivity index (χ3v) is 3.34. The van der Waals surface area contributed by atoms with E-state index in [1.54, 1.807) is 5.32 Å².